The SMILES string of the molecule is Nc1cnn(C2CCN(c3ccnc(-c4cnc5cnc(C(F)(F)F)cn45)n3)C2)c1. The van der Waals surface area contributed by atoms with E-state index in [1.54, 1.807) is 24.7 Å². The van der Waals surface area contributed by atoms with Crippen LogP contribution in [0.15, 0.2) is 43.2 Å². The van der Waals surface area contributed by atoms with E-state index < -0.39 is 11.9 Å². The molecule has 1 fully saturated rings. The Morgan fingerprint density at radius 3 is 2.70 bits per heavy atom. The van der Waals surface area contributed by atoms with Crippen molar-refractivity contribution in [3.8, 4) is 11.5 Å². The lowest BCUT2D eigenvalue weighted by atomic mass is 10.3. The van der Waals surface area contributed by atoms with Crippen molar-refractivity contribution in [3.05, 3.63) is 48.9 Å². The standard InChI is InChI=1S/C18H16F3N9/c19-18(20,21)14-10-29-13(6-25-16(29)7-24-14)17-23-3-1-15(27-17)28-4-2-12(9-28)30-8-11(22)5-26-30/h1,3,5-8,10,12H,2,4,9,22H2. The molecule has 0 amide bonds. The van der Waals surface area contributed by atoms with Gasteiger partial charge in [-0.1, -0.05) is 0 Å². The highest BCUT2D eigenvalue weighted by Gasteiger charge is 2.33. The topological polar surface area (TPSA) is 103 Å². The van der Waals surface area contributed by atoms with Crippen LogP contribution < -0.4 is 10.6 Å². The zero-order chi connectivity index (χ0) is 20.9. The third-order valence-electron chi connectivity index (χ3n) is 5.04. The summed E-state index contributed by atoms with van der Waals surface area (Å²) < 4.78 is 42.3. The number of anilines is 2. The Morgan fingerprint density at radius 1 is 1.07 bits per heavy atom. The lowest BCUT2D eigenvalue weighted by Crippen LogP contribution is -2.22. The molecule has 0 spiro atoms. The molecule has 154 valence electrons. The first-order valence-corrected chi connectivity index (χ1v) is 9.17. The van der Waals surface area contributed by atoms with E-state index in [4.69, 9.17) is 5.73 Å². The van der Waals surface area contributed by atoms with Gasteiger partial charge in [0.25, 0.3) is 0 Å². The van der Waals surface area contributed by atoms with Crippen LogP contribution in [0.3, 0.4) is 0 Å². The predicted molar refractivity (Wildman–Crippen MR) is 102 cm³/mol. The molecule has 5 heterocycles. The minimum absolute atomic E-state index is 0.164. The number of hydrogen-bond acceptors (Lipinski definition) is 7. The number of nitrogen functional groups attached to an aromatic ring is 1. The molecule has 9 nitrogen and oxygen atoms in total. The molecule has 5 rings (SSSR count). The van der Waals surface area contributed by atoms with Crippen molar-refractivity contribution < 1.29 is 13.2 Å². The number of rotatable bonds is 3. The number of aromatic nitrogens is 7. The second kappa shape index (κ2) is 6.68. The molecule has 1 aliphatic heterocycles. The molecule has 1 unspecified atom stereocenters. The van der Waals surface area contributed by atoms with E-state index in [-0.39, 0.29) is 17.5 Å². The summed E-state index contributed by atoms with van der Waals surface area (Å²) in [6.07, 6.45) is 4.73. The van der Waals surface area contributed by atoms with Gasteiger partial charge in [-0.2, -0.15) is 18.3 Å². The van der Waals surface area contributed by atoms with Crippen LogP contribution in [0.5, 0.6) is 0 Å². The molecule has 30 heavy (non-hydrogen) atoms. The van der Waals surface area contributed by atoms with Gasteiger partial charge in [-0.25, -0.2) is 19.9 Å². The number of hydrogen-bond donors (Lipinski definition) is 1. The molecule has 12 heteroatoms. The van der Waals surface area contributed by atoms with Gasteiger partial charge in [0.05, 0.1) is 30.3 Å². The quantitative estimate of drug-likeness (QED) is 0.548. The first kappa shape index (κ1) is 18.3. The third-order valence-corrected chi connectivity index (χ3v) is 5.04. The number of alkyl halides is 3. The Hall–Kier alpha value is -3.70. The largest absolute Gasteiger partial charge is 0.434 e. The van der Waals surface area contributed by atoms with Gasteiger partial charge in [-0.15, -0.1) is 0 Å². The molecule has 0 aliphatic carbocycles. The maximum absolute atomic E-state index is 13.1. The zero-order valence-corrected chi connectivity index (χ0v) is 15.5. The van der Waals surface area contributed by atoms with Crippen LogP contribution in [0.4, 0.5) is 24.7 Å². The first-order valence-electron chi connectivity index (χ1n) is 9.17. The predicted octanol–water partition coefficient (Wildman–Crippen LogP) is 2.44. The lowest BCUT2D eigenvalue weighted by Gasteiger charge is -2.18. The minimum atomic E-state index is -4.56. The van der Waals surface area contributed by atoms with Crippen LogP contribution in [0, 0.1) is 0 Å². The van der Waals surface area contributed by atoms with Crippen molar-refractivity contribution in [1.82, 2.24) is 34.1 Å². The van der Waals surface area contributed by atoms with E-state index in [1.165, 1.54) is 10.6 Å². The maximum Gasteiger partial charge on any atom is 0.434 e. The zero-order valence-electron chi connectivity index (χ0n) is 15.5. The summed E-state index contributed by atoms with van der Waals surface area (Å²) in [5, 5.41) is 4.27. The molecule has 4 aromatic heterocycles. The first-order chi connectivity index (χ1) is 14.4. The van der Waals surface area contributed by atoms with Gasteiger partial charge < -0.3 is 10.6 Å². The average molecular weight is 415 g/mol. The second-order valence-electron chi connectivity index (χ2n) is 7.02. The molecular formula is C18H16F3N9. The van der Waals surface area contributed by atoms with Crippen molar-refractivity contribution in [2.75, 3.05) is 23.7 Å². The Bertz CT molecular complexity index is 1210. The van der Waals surface area contributed by atoms with E-state index >= 15 is 0 Å². The van der Waals surface area contributed by atoms with Gasteiger partial charge in [0, 0.05) is 31.7 Å². The molecular weight excluding hydrogens is 399 g/mol. The summed E-state index contributed by atoms with van der Waals surface area (Å²) >= 11 is 0. The summed E-state index contributed by atoms with van der Waals surface area (Å²) in [7, 11) is 0. The summed E-state index contributed by atoms with van der Waals surface area (Å²) in [5.41, 5.74) is 5.99. The highest BCUT2D eigenvalue weighted by Crippen LogP contribution is 2.30. The number of imidazole rings is 1. The molecule has 1 aliphatic rings. The van der Waals surface area contributed by atoms with E-state index in [2.05, 4.69) is 29.9 Å². The van der Waals surface area contributed by atoms with Gasteiger partial charge in [0.1, 0.15) is 11.5 Å². The van der Waals surface area contributed by atoms with Crippen molar-refractivity contribution in [2.45, 2.75) is 18.6 Å². The van der Waals surface area contributed by atoms with Gasteiger partial charge in [0.15, 0.2) is 17.2 Å². The van der Waals surface area contributed by atoms with Crippen LogP contribution in [-0.4, -0.2) is 47.2 Å². The van der Waals surface area contributed by atoms with E-state index in [0.717, 1.165) is 25.4 Å². The van der Waals surface area contributed by atoms with Crippen molar-refractivity contribution >= 4 is 17.2 Å². The Kier molecular flexibility index (Phi) is 4.08. The Morgan fingerprint density at radius 2 is 1.93 bits per heavy atom. The fraction of sp³-hybridized carbons (Fsp3) is 0.278. The molecule has 1 atom stereocenters. The average Bonchev–Trinajstić information content (AvgIpc) is 3.46. The summed E-state index contributed by atoms with van der Waals surface area (Å²) in [6.45, 7) is 1.45. The fourth-order valence-corrected chi connectivity index (χ4v) is 3.57. The third kappa shape index (κ3) is 3.19. The van der Waals surface area contributed by atoms with Crippen molar-refractivity contribution in [3.63, 3.8) is 0 Å². The molecule has 0 aromatic carbocycles. The maximum atomic E-state index is 13.1. The molecule has 0 saturated carbocycles. The fourth-order valence-electron chi connectivity index (χ4n) is 3.57. The van der Waals surface area contributed by atoms with E-state index in [1.807, 2.05) is 4.68 Å². The van der Waals surface area contributed by atoms with Crippen LogP contribution in [0.25, 0.3) is 17.2 Å². The van der Waals surface area contributed by atoms with Gasteiger partial charge in [-0.05, 0) is 12.5 Å². The van der Waals surface area contributed by atoms with Crippen molar-refractivity contribution in [2.24, 2.45) is 0 Å². The van der Waals surface area contributed by atoms with Gasteiger partial charge in [0.2, 0.25) is 0 Å². The Labute approximate surface area is 168 Å². The monoisotopic (exact) mass is 415 g/mol. The Balaban J connectivity index is 1.46. The highest BCUT2D eigenvalue weighted by molar-refractivity contribution is 5.58. The van der Waals surface area contributed by atoms with Crippen LogP contribution in [0.1, 0.15) is 18.2 Å². The van der Waals surface area contributed by atoms with E-state index in [0.29, 0.717) is 23.7 Å². The number of nitrogens with two attached hydrogens (primary N) is 1. The summed E-state index contributed by atoms with van der Waals surface area (Å²) in [4.78, 5) is 18.4. The lowest BCUT2D eigenvalue weighted by molar-refractivity contribution is -0.141. The molecule has 0 bridgehead atoms. The van der Waals surface area contributed by atoms with Crippen LogP contribution >= 0.6 is 0 Å². The molecule has 0 radical (unpaired) electrons. The normalized spacial score (nSPS) is 17.2. The second-order valence-corrected chi connectivity index (χ2v) is 7.02. The summed E-state index contributed by atoms with van der Waals surface area (Å²) in [6, 6.07) is 1.94. The van der Waals surface area contributed by atoms with Gasteiger partial charge in [-0.3, -0.25) is 9.08 Å². The number of nitrogens with zero attached hydrogens (tertiary/aromatic N) is 8. The minimum Gasteiger partial charge on any atom is -0.396 e. The van der Waals surface area contributed by atoms with Crippen LogP contribution in [-0.2, 0) is 6.18 Å². The summed E-state index contributed by atoms with van der Waals surface area (Å²) in [5.74, 6) is 0.966. The van der Waals surface area contributed by atoms with E-state index in [9.17, 15) is 13.2 Å². The van der Waals surface area contributed by atoms with Crippen LogP contribution in [0.2, 0.25) is 0 Å². The molecule has 4 aromatic rings. The number of halogens is 3. The molecule has 2 N–H and O–H groups in total. The van der Waals surface area contributed by atoms with Crippen molar-refractivity contribution in [1.29, 1.82) is 0 Å². The number of fused-ring (bicyclic) bond motifs is 1. The highest BCUT2D eigenvalue weighted by atomic mass is 19.4. The molecule has 1 saturated heterocycles. The smallest absolute Gasteiger partial charge is 0.396 e. The van der Waals surface area contributed by atoms with Gasteiger partial charge >= 0.3 is 6.18 Å².